The molecule has 4 aromatic rings. The second-order valence-electron chi connectivity index (χ2n) is 7.27. The summed E-state index contributed by atoms with van der Waals surface area (Å²) in [6, 6.07) is 14.4. The van der Waals surface area contributed by atoms with Crippen molar-refractivity contribution >= 4 is 34.0 Å². The molecular weight excluding hydrogens is 448 g/mol. The molecule has 0 spiro atoms. The van der Waals surface area contributed by atoms with Gasteiger partial charge >= 0.3 is 0 Å². The van der Waals surface area contributed by atoms with Crippen LogP contribution in [0.5, 0.6) is 5.75 Å². The number of halogens is 1. The second-order valence-corrected chi connectivity index (χ2v) is 8.54. The van der Waals surface area contributed by atoms with Crippen LogP contribution in [0.4, 0.5) is 5.13 Å². The monoisotopic (exact) mass is 464 g/mol. The lowest BCUT2D eigenvalue weighted by Gasteiger charge is -2.12. The summed E-state index contributed by atoms with van der Waals surface area (Å²) in [7, 11) is 0. The molecule has 1 aliphatic rings. The Kier molecular flexibility index (Phi) is 5.24. The lowest BCUT2D eigenvalue weighted by Crippen LogP contribution is -2.27. The first-order valence-electron chi connectivity index (χ1n) is 9.88. The van der Waals surface area contributed by atoms with Crippen molar-refractivity contribution in [1.82, 2.24) is 14.8 Å². The van der Waals surface area contributed by atoms with Crippen LogP contribution in [0.1, 0.15) is 21.7 Å². The van der Waals surface area contributed by atoms with Crippen molar-refractivity contribution in [3.63, 3.8) is 0 Å². The number of anilines is 1. The number of nitrogens with zero attached hydrogens (tertiary/aromatic N) is 3. The number of aromatic nitrogens is 3. The highest BCUT2D eigenvalue weighted by atomic mass is 35.5. The van der Waals surface area contributed by atoms with Gasteiger partial charge in [0, 0.05) is 29.1 Å². The average molecular weight is 465 g/mol. The minimum absolute atomic E-state index is 0.234. The summed E-state index contributed by atoms with van der Waals surface area (Å²) in [6.45, 7) is 2.42. The highest BCUT2D eigenvalue weighted by Crippen LogP contribution is 2.32. The number of rotatable bonds is 4. The van der Waals surface area contributed by atoms with E-state index in [1.54, 1.807) is 25.1 Å². The third kappa shape index (κ3) is 3.79. The largest absolute Gasteiger partial charge is 0.493 e. The molecule has 0 saturated heterocycles. The molecule has 160 valence electrons. The molecule has 0 radical (unpaired) electrons. The molecule has 0 bridgehead atoms. The van der Waals surface area contributed by atoms with E-state index >= 15 is 0 Å². The van der Waals surface area contributed by atoms with Gasteiger partial charge in [0.2, 0.25) is 5.43 Å². The van der Waals surface area contributed by atoms with Gasteiger partial charge in [-0.1, -0.05) is 23.7 Å². The van der Waals surface area contributed by atoms with Crippen LogP contribution >= 0.6 is 22.9 Å². The Morgan fingerprint density at radius 2 is 2.06 bits per heavy atom. The number of thiazole rings is 1. The minimum Gasteiger partial charge on any atom is -0.493 e. The summed E-state index contributed by atoms with van der Waals surface area (Å²) in [5.74, 6) is 0.275. The molecule has 0 unspecified atom stereocenters. The molecule has 0 saturated carbocycles. The molecule has 1 aliphatic heterocycles. The third-order valence-electron chi connectivity index (χ3n) is 5.11. The molecule has 3 heterocycles. The van der Waals surface area contributed by atoms with Gasteiger partial charge in [-0.05, 0) is 42.8 Å². The van der Waals surface area contributed by atoms with Crippen LogP contribution in [0, 0.1) is 6.92 Å². The summed E-state index contributed by atoms with van der Waals surface area (Å²) in [5.41, 5.74) is 3.27. The molecule has 5 rings (SSSR count). The summed E-state index contributed by atoms with van der Waals surface area (Å²) in [4.78, 5) is 29.8. The van der Waals surface area contributed by atoms with Crippen LogP contribution in [-0.4, -0.2) is 27.3 Å². The Bertz CT molecular complexity index is 1410. The maximum atomic E-state index is 12.8. The highest BCUT2D eigenvalue weighted by Gasteiger charge is 2.19. The molecule has 2 aromatic heterocycles. The van der Waals surface area contributed by atoms with Gasteiger partial charge in [-0.3, -0.25) is 14.9 Å². The van der Waals surface area contributed by atoms with Gasteiger partial charge in [-0.15, -0.1) is 11.3 Å². The average Bonchev–Trinajstić information content (AvgIpc) is 3.43. The van der Waals surface area contributed by atoms with Crippen LogP contribution in [0.2, 0.25) is 5.02 Å². The molecule has 0 aliphatic carbocycles. The maximum absolute atomic E-state index is 12.8. The fourth-order valence-electron chi connectivity index (χ4n) is 3.54. The standard InChI is InChI=1S/C23H17ClN4O3S/c1-13-10-19(29)21(27-28(13)18-5-3-2-4-16(18)24)22(30)26-23-25-17(12-32-23)14-6-7-20-15(11-14)8-9-31-20/h2-7,10-12H,8-9H2,1H3,(H,25,26,30). The van der Waals surface area contributed by atoms with E-state index in [0.29, 0.717) is 28.1 Å². The number of carbonyl (C=O) groups is 1. The van der Waals surface area contributed by atoms with E-state index in [0.717, 1.165) is 29.0 Å². The van der Waals surface area contributed by atoms with Gasteiger partial charge in [-0.2, -0.15) is 5.10 Å². The fraction of sp³-hybridized carbons (Fsp3) is 0.130. The Hall–Kier alpha value is -3.49. The summed E-state index contributed by atoms with van der Waals surface area (Å²) in [5, 5.41) is 9.66. The van der Waals surface area contributed by atoms with Crippen LogP contribution < -0.4 is 15.5 Å². The van der Waals surface area contributed by atoms with E-state index in [-0.39, 0.29) is 5.69 Å². The van der Waals surface area contributed by atoms with Crippen molar-refractivity contribution in [2.45, 2.75) is 13.3 Å². The van der Waals surface area contributed by atoms with Crippen molar-refractivity contribution in [1.29, 1.82) is 0 Å². The predicted octanol–water partition coefficient (Wildman–Crippen LogP) is 4.51. The van der Waals surface area contributed by atoms with E-state index in [9.17, 15) is 9.59 Å². The third-order valence-corrected chi connectivity index (χ3v) is 6.19. The number of hydrogen-bond acceptors (Lipinski definition) is 6. The Balaban J connectivity index is 1.42. The minimum atomic E-state index is -0.626. The maximum Gasteiger partial charge on any atom is 0.281 e. The van der Waals surface area contributed by atoms with Crippen molar-refractivity contribution in [3.8, 4) is 22.7 Å². The topological polar surface area (TPSA) is 86.1 Å². The summed E-state index contributed by atoms with van der Waals surface area (Å²) < 4.78 is 7.03. The number of ether oxygens (including phenoxy) is 1. The number of nitrogens with one attached hydrogen (secondary N) is 1. The number of benzene rings is 2. The van der Waals surface area contributed by atoms with Gasteiger partial charge < -0.3 is 4.74 Å². The molecule has 9 heteroatoms. The zero-order valence-corrected chi connectivity index (χ0v) is 18.5. The number of fused-ring (bicyclic) bond motifs is 1. The molecule has 1 amide bonds. The molecule has 7 nitrogen and oxygen atoms in total. The quantitative estimate of drug-likeness (QED) is 0.480. The van der Waals surface area contributed by atoms with Crippen LogP contribution in [-0.2, 0) is 6.42 Å². The first kappa shape index (κ1) is 20.4. The van der Waals surface area contributed by atoms with Gasteiger partial charge in [0.15, 0.2) is 10.8 Å². The summed E-state index contributed by atoms with van der Waals surface area (Å²) in [6.07, 6.45) is 0.869. The van der Waals surface area contributed by atoms with Crippen LogP contribution in [0.25, 0.3) is 16.9 Å². The fourth-order valence-corrected chi connectivity index (χ4v) is 4.47. The Morgan fingerprint density at radius 3 is 2.91 bits per heavy atom. The second kappa shape index (κ2) is 8.22. The summed E-state index contributed by atoms with van der Waals surface area (Å²) >= 11 is 7.55. The lowest BCUT2D eigenvalue weighted by molar-refractivity contribution is 0.101. The van der Waals surface area contributed by atoms with Gasteiger partial charge in [-0.25, -0.2) is 9.67 Å². The number of hydrogen-bond donors (Lipinski definition) is 1. The Morgan fingerprint density at radius 1 is 1.22 bits per heavy atom. The smallest absolute Gasteiger partial charge is 0.281 e. The van der Waals surface area contributed by atoms with Gasteiger partial charge in [0.25, 0.3) is 5.91 Å². The van der Waals surface area contributed by atoms with E-state index < -0.39 is 11.3 Å². The predicted molar refractivity (Wildman–Crippen MR) is 124 cm³/mol. The van der Waals surface area contributed by atoms with Crippen molar-refractivity contribution in [2.24, 2.45) is 0 Å². The molecule has 1 N–H and O–H groups in total. The lowest BCUT2D eigenvalue weighted by atomic mass is 10.1. The van der Waals surface area contributed by atoms with Crippen molar-refractivity contribution < 1.29 is 9.53 Å². The SMILES string of the molecule is Cc1cc(=O)c(C(=O)Nc2nc(-c3ccc4c(c3)CCO4)cs2)nn1-c1ccccc1Cl. The van der Waals surface area contributed by atoms with Crippen molar-refractivity contribution in [2.75, 3.05) is 11.9 Å². The Labute approximate surface area is 192 Å². The number of aryl methyl sites for hydroxylation is 1. The van der Waals surface area contributed by atoms with Crippen molar-refractivity contribution in [3.05, 3.63) is 86.1 Å². The molecule has 2 aromatic carbocycles. The van der Waals surface area contributed by atoms with Gasteiger partial charge in [0.1, 0.15) is 5.75 Å². The molecule has 0 fully saturated rings. The first-order valence-corrected chi connectivity index (χ1v) is 11.1. The molecule has 0 atom stereocenters. The van der Waals surface area contributed by atoms with Crippen LogP contribution in [0.15, 0.2) is 58.7 Å². The van der Waals surface area contributed by atoms with E-state index in [4.69, 9.17) is 16.3 Å². The van der Waals surface area contributed by atoms with E-state index in [1.807, 2.05) is 29.6 Å². The zero-order chi connectivity index (χ0) is 22.2. The zero-order valence-electron chi connectivity index (χ0n) is 17.0. The van der Waals surface area contributed by atoms with E-state index in [1.165, 1.54) is 22.1 Å². The normalized spacial score (nSPS) is 12.3. The molecule has 32 heavy (non-hydrogen) atoms. The number of carbonyl (C=O) groups excluding carboxylic acids is 1. The number of amides is 1. The van der Waals surface area contributed by atoms with Gasteiger partial charge in [0.05, 0.1) is 23.0 Å². The number of para-hydroxylation sites is 1. The van der Waals surface area contributed by atoms with Crippen LogP contribution in [0.3, 0.4) is 0 Å². The van der Waals surface area contributed by atoms with E-state index in [2.05, 4.69) is 15.4 Å². The highest BCUT2D eigenvalue weighted by molar-refractivity contribution is 7.14. The first-order chi connectivity index (χ1) is 15.5. The molecular formula is C23H17ClN4O3S.